The van der Waals surface area contributed by atoms with Crippen molar-refractivity contribution in [1.29, 1.82) is 0 Å². The summed E-state index contributed by atoms with van der Waals surface area (Å²) in [5.41, 5.74) is 0. The van der Waals surface area contributed by atoms with Gasteiger partial charge in [0.15, 0.2) is 5.96 Å². The van der Waals surface area contributed by atoms with E-state index in [1.165, 1.54) is 37.1 Å². The molecule has 4 nitrogen and oxygen atoms in total. The molecule has 2 fully saturated rings. The SMILES string of the molecule is CCNC(=NCC1CCCN(C)C1c1cccs1)N1CCC(C)CC1.I. The Balaban J connectivity index is 0.00000243. The number of hydrogen-bond acceptors (Lipinski definition) is 3. The number of nitrogens with one attached hydrogen (secondary N) is 1. The lowest BCUT2D eigenvalue weighted by atomic mass is 9.88. The van der Waals surface area contributed by atoms with Gasteiger partial charge in [0, 0.05) is 37.1 Å². The minimum absolute atomic E-state index is 0. The topological polar surface area (TPSA) is 30.9 Å². The average molecular weight is 490 g/mol. The highest BCUT2D eigenvalue weighted by Gasteiger charge is 2.31. The Bertz CT molecular complexity index is 540. The van der Waals surface area contributed by atoms with E-state index >= 15 is 0 Å². The Hall–Kier alpha value is -0.340. The molecule has 1 aromatic heterocycles. The summed E-state index contributed by atoms with van der Waals surface area (Å²) >= 11 is 1.89. The molecule has 1 N–H and O–H groups in total. The van der Waals surface area contributed by atoms with Crippen LogP contribution in [0.3, 0.4) is 0 Å². The van der Waals surface area contributed by atoms with Crippen molar-refractivity contribution in [3.63, 3.8) is 0 Å². The van der Waals surface area contributed by atoms with Crippen LogP contribution in [0.2, 0.25) is 0 Å². The molecule has 26 heavy (non-hydrogen) atoms. The van der Waals surface area contributed by atoms with Gasteiger partial charge in [0.2, 0.25) is 0 Å². The zero-order chi connectivity index (χ0) is 17.6. The van der Waals surface area contributed by atoms with Crippen molar-refractivity contribution in [1.82, 2.24) is 15.1 Å². The summed E-state index contributed by atoms with van der Waals surface area (Å²) in [7, 11) is 2.28. The van der Waals surface area contributed by atoms with Gasteiger partial charge in [0.05, 0.1) is 0 Å². The maximum atomic E-state index is 5.09. The van der Waals surface area contributed by atoms with E-state index in [4.69, 9.17) is 4.99 Å². The van der Waals surface area contributed by atoms with Gasteiger partial charge >= 0.3 is 0 Å². The molecule has 0 aromatic carbocycles. The van der Waals surface area contributed by atoms with Gasteiger partial charge in [-0.3, -0.25) is 9.89 Å². The van der Waals surface area contributed by atoms with E-state index in [2.05, 4.69) is 53.5 Å². The Morgan fingerprint density at radius 2 is 2.04 bits per heavy atom. The largest absolute Gasteiger partial charge is 0.357 e. The van der Waals surface area contributed by atoms with Crippen LogP contribution in [-0.4, -0.2) is 55.5 Å². The van der Waals surface area contributed by atoms with Crippen LogP contribution in [0.5, 0.6) is 0 Å². The molecule has 148 valence electrons. The second-order valence-corrected chi connectivity index (χ2v) is 8.69. The lowest BCUT2D eigenvalue weighted by Gasteiger charge is -2.38. The fourth-order valence-electron chi connectivity index (χ4n) is 4.21. The first-order valence-electron chi connectivity index (χ1n) is 9.96. The molecule has 2 aliphatic heterocycles. The van der Waals surface area contributed by atoms with Crippen LogP contribution < -0.4 is 5.32 Å². The van der Waals surface area contributed by atoms with E-state index in [1.54, 1.807) is 0 Å². The van der Waals surface area contributed by atoms with Crippen LogP contribution in [0.15, 0.2) is 22.5 Å². The molecule has 2 aliphatic rings. The highest BCUT2D eigenvalue weighted by Crippen LogP contribution is 2.37. The molecular weight excluding hydrogens is 455 g/mol. The maximum Gasteiger partial charge on any atom is 0.193 e. The van der Waals surface area contributed by atoms with Gasteiger partial charge in [-0.1, -0.05) is 13.0 Å². The molecule has 0 saturated carbocycles. The molecular formula is C20H35IN4S. The molecule has 0 radical (unpaired) electrons. The van der Waals surface area contributed by atoms with Crippen molar-refractivity contribution in [2.45, 2.75) is 45.6 Å². The summed E-state index contributed by atoms with van der Waals surface area (Å²) in [5.74, 6) is 2.61. The van der Waals surface area contributed by atoms with E-state index in [9.17, 15) is 0 Å². The summed E-state index contributed by atoms with van der Waals surface area (Å²) < 4.78 is 0. The molecule has 6 heteroatoms. The predicted molar refractivity (Wildman–Crippen MR) is 124 cm³/mol. The summed E-state index contributed by atoms with van der Waals surface area (Å²) in [4.78, 5) is 11.6. The Labute approximate surface area is 180 Å². The maximum absolute atomic E-state index is 5.09. The monoisotopic (exact) mass is 490 g/mol. The summed E-state index contributed by atoms with van der Waals surface area (Å²) in [6, 6.07) is 5.01. The van der Waals surface area contributed by atoms with Crippen molar-refractivity contribution in [2.75, 3.05) is 39.8 Å². The van der Waals surface area contributed by atoms with Crippen molar-refractivity contribution < 1.29 is 0 Å². The van der Waals surface area contributed by atoms with Crippen LogP contribution in [0.1, 0.15) is 50.4 Å². The van der Waals surface area contributed by atoms with Crippen LogP contribution in [0.25, 0.3) is 0 Å². The van der Waals surface area contributed by atoms with Crippen molar-refractivity contribution in [2.24, 2.45) is 16.8 Å². The zero-order valence-corrected chi connectivity index (χ0v) is 19.6. The summed E-state index contributed by atoms with van der Waals surface area (Å²) in [6.45, 7) is 9.91. The predicted octanol–water partition coefficient (Wildman–Crippen LogP) is 4.45. The molecule has 2 unspecified atom stereocenters. The van der Waals surface area contributed by atoms with E-state index in [0.717, 1.165) is 38.1 Å². The summed E-state index contributed by atoms with van der Waals surface area (Å²) in [5, 5.41) is 5.74. The van der Waals surface area contributed by atoms with E-state index < -0.39 is 0 Å². The highest BCUT2D eigenvalue weighted by atomic mass is 127. The van der Waals surface area contributed by atoms with E-state index in [1.807, 2.05) is 11.3 Å². The van der Waals surface area contributed by atoms with Gasteiger partial charge in [0.25, 0.3) is 0 Å². The number of aliphatic imine (C=N–C) groups is 1. The third-order valence-corrected chi connectivity index (χ3v) is 6.68. The van der Waals surface area contributed by atoms with Gasteiger partial charge in [-0.2, -0.15) is 0 Å². The molecule has 0 amide bonds. The quantitative estimate of drug-likeness (QED) is 0.385. The number of halogens is 1. The van der Waals surface area contributed by atoms with Crippen LogP contribution >= 0.6 is 35.3 Å². The molecule has 2 atom stereocenters. The number of hydrogen-bond donors (Lipinski definition) is 1. The van der Waals surface area contributed by atoms with Gasteiger partial charge in [-0.15, -0.1) is 35.3 Å². The van der Waals surface area contributed by atoms with E-state index in [-0.39, 0.29) is 24.0 Å². The first-order valence-corrected chi connectivity index (χ1v) is 10.8. The average Bonchev–Trinajstić information content (AvgIpc) is 3.13. The Morgan fingerprint density at radius 3 is 2.69 bits per heavy atom. The lowest BCUT2D eigenvalue weighted by Crippen LogP contribution is -2.46. The van der Waals surface area contributed by atoms with Gasteiger partial charge < -0.3 is 10.2 Å². The Kier molecular flexibility index (Phi) is 9.17. The van der Waals surface area contributed by atoms with Crippen molar-refractivity contribution in [3.8, 4) is 0 Å². The molecule has 0 aliphatic carbocycles. The number of guanidine groups is 1. The highest BCUT2D eigenvalue weighted by molar-refractivity contribution is 14.0. The number of nitrogens with zero attached hydrogens (tertiary/aromatic N) is 3. The first kappa shape index (κ1) is 22.0. The lowest BCUT2D eigenvalue weighted by molar-refractivity contribution is 0.128. The van der Waals surface area contributed by atoms with Gasteiger partial charge in [-0.05, 0) is 69.5 Å². The second kappa shape index (κ2) is 10.9. The number of thiophene rings is 1. The second-order valence-electron chi connectivity index (χ2n) is 7.71. The third-order valence-electron chi connectivity index (χ3n) is 5.74. The zero-order valence-electron chi connectivity index (χ0n) is 16.5. The molecule has 2 saturated heterocycles. The van der Waals surface area contributed by atoms with Crippen molar-refractivity contribution >= 4 is 41.3 Å². The number of likely N-dealkylation sites (tertiary alicyclic amines) is 2. The van der Waals surface area contributed by atoms with Gasteiger partial charge in [0.1, 0.15) is 0 Å². The first-order chi connectivity index (χ1) is 12.2. The molecule has 3 heterocycles. The van der Waals surface area contributed by atoms with Crippen molar-refractivity contribution in [3.05, 3.63) is 22.4 Å². The fourth-order valence-corrected chi connectivity index (χ4v) is 5.19. The van der Waals surface area contributed by atoms with Crippen LogP contribution in [0.4, 0.5) is 0 Å². The number of piperidine rings is 2. The molecule has 0 spiro atoms. The fraction of sp³-hybridized carbons (Fsp3) is 0.750. The Morgan fingerprint density at radius 1 is 1.27 bits per heavy atom. The minimum Gasteiger partial charge on any atom is -0.357 e. The minimum atomic E-state index is 0. The smallest absolute Gasteiger partial charge is 0.193 e. The summed E-state index contributed by atoms with van der Waals surface area (Å²) in [6.07, 6.45) is 5.14. The number of rotatable bonds is 4. The molecule has 0 bridgehead atoms. The standard InChI is InChI=1S/C20H34N4S.HI/c1-4-21-20(24-12-9-16(2)10-13-24)22-15-17-7-5-11-23(3)19(17)18-8-6-14-25-18;/h6,8,14,16-17,19H,4-5,7,9-13,15H2,1-3H3,(H,21,22);1H. The van der Waals surface area contributed by atoms with E-state index in [0.29, 0.717) is 12.0 Å². The normalized spacial score (nSPS) is 25.8. The third kappa shape index (κ3) is 5.58. The van der Waals surface area contributed by atoms with Crippen LogP contribution in [-0.2, 0) is 0 Å². The molecule has 1 aromatic rings. The molecule has 3 rings (SSSR count). The van der Waals surface area contributed by atoms with Gasteiger partial charge in [-0.25, -0.2) is 0 Å². The van der Waals surface area contributed by atoms with Crippen LogP contribution in [0, 0.1) is 11.8 Å².